The molecule has 0 aliphatic carbocycles. The van der Waals surface area contributed by atoms with Crippen molar-refractivity contribution in [1.82, 2.24) is 10.2 Å². The quantitative estimate of drug-likeness (QED) is 0.310. The molecule has 0 aromatic heterocycles. The standard InChI is InChI=1S/C23H40N2O6/c1-24-23(21-5-3-2-4-6-21)20-25-8-7-22(19-25)31-18-17-30-16-15-29-14-13-28-12-11-27-10-9-26/h2-6,22-24,26H,7-20H2,1H3/t22-,23+/m0/s1. The van der Waals surface area contributed by atoms with Crippen molar-refractivity contribution in [3.63, 3.8) is 0 Å². The molecule has 0 spiro atoms. The van der Waals surface area contributed by atoms with Crippen LogP contribution in [-0.4, -0.2) is 109 Å². The molecule has 8 heteroatoms. The number of likely N-dealkylation sites (N-methyl/N-ethyl adjacent to an activating group) is 1. The number of aliphatic hydroxyl groups is 1. The van der Waals surface area contributed by atoms with E-state index in [1.165, 1.54) is 5.56 Å². The molecule has 2 N–H and O–H groups in total. The van der Waals surface area contributed by atoms with Gasteiger partial charge in [-0.1, -0.05) is 30.3 Å². The van der Waals surface area contributed by atoms with Gasteiger partial charge in [0.05, 0.1) is 72.2 Å². The maximum absolute atomic E-state index is 8.57. The van der Waals surface area contributed by atoms with Gasteiger partial charge in [-0.05, 0) is 19.0 Å². The number of nitrogens with zero attached hydrogens (tertiary/aromatic N) is 1. The Morgan fingerprint density at radius 2 is 1.48 bits per heavy atom. The lowest BCUT2D eigenvalue weighted by molar-refractivity contribution is -0.0221. The lowest BCUT2D eigenvalue weighted by Gasteiger charge is -2.24. The number of hydrogen-bond acceptors (Lipinski definition) is 8. The van der Waals surface area contributed by atoms with Crippen molar-refractivity contribution in [3.05, 3.63) is 35.9 Å². The first kappa shape index (κ1) is 26.2. The van der Waals surface area contributed by atoms with Gasteiger partial charge < -0.3 is 34.1 Å². The Bertz CT molecular complexity index is 536. The summed E-state index contributed by atoms with van der Waals surface area (Å²) in [7, 11) is 2.02. The summed E-state index contributed by atoms with van der Waals surface area (Å²) in [6.45, 7) is 7.80. The van der Waals surface area contributed by atoms with E-state index in [1.807, 2.05) is 7.05 Å². The molecule has 8 nitrogen and oxygen atoms in total. The van der Waals surface area contributed by atoms with Crippen LogP contribution in [0.1, 0.15) is 18.0 Å². The van der Waals surface area contributed by atoms with E-state index >= 15 is 0 Å². The molecule has 1 fully saturated rings. The molecule has 1 aromatic carbocycles. The first-order chi connectivity index (χ1) is 15.3. The molecule has 1 aromatic rings. The molecular weight excluding hydrogens is 400 g/mol. The molecule has 31 heavy (non-hydrogen) atoms. The molecular formula is C23H40N2O6. The summed E-state index contributed by atoms with van der Waals surface area (Å²) in [4.78, 5) is 2.47. The van der Waals surface area contributed by atoms with E-state index in [9.17, 15) is 0 Å². The van der Waals surface area contributed by atoms with Gasteiger partial charge >= 0.3 is 0 Å². The van der Waals surface area contributed by atoms with Crippen LogP contribution < -0.4 is 5.32 Å². The molecule has 1 aliphatic rings. The fraction of sp³-hybridized carbons (Fsp3) is 0.739. The number of likely N-dealkylation sites (tertiary alicyclic amines) is 1. The summed E-state index contributed by atoms with van der Waals surface area (Å²) < 4.78 is 27.4. The van der Waals surface area contributed by atoms with Gasteiger partial charge in [-0.2, -0.15) is 0 Å². The highest BCUT2D eigenvalue weighted by atomic mass is 16.6. The smallest absolute Gasteiger partial charge is 0.0715 e. The first-order valence-electron chi connectivity index (χ1n) is 11.3. The largest absolute Gasteiger partial charge is 0.394 e. The lowest BCUT2D eigenvalue weighted by Crippen LogP contribution is -2.33. The highest BCUT2D eigenvalue weighted by molar-refractivity contribution is 5.19. The second-order valence-electron chi connectivity index (χ2n) is 7.47. The van der Waals surface area contributed by atoms with Crippen LogP contribution in [0.5, 0.6) is 0 Å². The van der Waals surface area contributed by atoms with E-state index in [4.69, 9.17) is 28.8 Å². The molecule has 2 atom stereocenters. The molecule has 0 unspecified atom stereocenters. The zero-order valence-electron chi connectivity index (χ0n) is 18.9. The van der Waals surface area contributed by atoms with E-state index in [0.717, 1.165) is 26.1 Å². The molecule has 1 saturated heterocycles. The SMILES string of the molecule is CN[C@H](CN1CC[C@H](OCCOCCOCCOCCOCCO)C1)c1ccccc1. The molecule has 0 saturated carbocycles. The Labute approximate surface area is 186 Å². The van der Waals surface area contributed by atoms with Gasteiger partial charge in [0.2, 0.25) is 0 Å². The summed E-state index contributed by atoms with van der Waals surface area (Å²) in [6, 6.07) is 10.9. The van der Waals surface area contributed by atoms with Gasteiger partial charge in [0.25, 0.3) is 0 Å². The second kappa shape index (κ2) is 17.5. The normalized spacial score (nSPS) is 17.9. The third kappa shape index (κ3) is 11.9. The number of hydrogen-bond donors (Lipinski definition) is 2. The van der Waals surface area contributed by atoms with Crippen LogP contribution in [0.4, 0.5) is 0 Å². The summed E-state index contributed by atoms with van der Waals surface area (Å²) >= 11 is 0. The highest BCUT2D eigenvalue weighted by Gasteiger charge is 2.25. The summed E-state index contributed by atoms with van der Waals surface area (Å²) in [6.07, 6.45) is 1.35. The summed E-state index contributed by atoms with van der Waals surface area (Å²) in [5, 5.41) is 12.0. The number of ether oxygens (including phenoxy) is 5. The molecule has 0 bridgehead atoms. The van der Waals surface area contributed by atoms with Gasteiger partial charge in [0.15, 0.2) is 0 Å². The molecule has 0 radical (unpaired) electrons. The van der Waals surface area contributed by atoms with Crippen LogP contribution in [0.15, 0.2) is 30.3 Å². The number of aliphatic hydroxyl groups excluding tert-OH is 1. The van der Waals surface area contributed by atoms with Crippen molar-refractivity contribution < 1.29 is 28.8 Å². The number of nitrogens with one attached hydrogen (secondary N) is 1. The van der Waals surface area contributed by atoms with Crippen molar-refractivity contribution in [2.24, 2.45) is 0 Å². The van der Waals surface area contributed by atoms with Gasteiger partial charge in [-0.3, -0.25) is 4.90 Å². The Morgan fingerprint density at radius 1 is 0.903 bits per heavy atom. The van der Waals surface area contributed by atoms with Crippen molar-refractivity contribution in [2.75, 3.05) is 92.8 Å². The minimum atomic E-state index is 0.0408. The summed E-state index contributed by atoms with van der Waals surface area (Å²) in [5.74, 6) is 0. The van der Waals surface area contributed by atoms with E-state index in [0.29, 0.717) is 65.5 Å². The minimum absolute atomic E-state index is 0.0408. The topological polar surface area (TPSA) is 81.7 Å². The van der Waals surface area contributed by atoms with Crippen molar-refractivity contribution in [3.8, 4) is 0 Å². The van der Waals surface area contributed by atoms with E-state index in [2.05, 4.69) is 40.5 Å². The number of benzene rings is 1. The maximum Gasteiger partial charge on any atom is 0.0715 e. The predicted molar refractivity (Wildman–Crippen MR) is 119 cm³/mol. The third-order valence-corrected chi connectivity index (χ3v) is 5.15. The Hall–Kier alpha value is -1.10. The average molecular weight is 441 g/mol. The maximum atomic E-state index is 8.57. The van der Waals surface area contributed by atoms with Gasteiger partial charge in [0, 0.05) is 25.7 Å². The fourth-order valence-electron chi connectivity index (χ4n) is 3.51. The van der Waals surface area contributed by atoms with Crippen LogP contribution in [-0.2, 0) is 23.7 Å². The predicted octanol–water partition coefficient (Wildman–Crippen LogP) is 1.10. The molecule has 1 heterocycles. The zero-order valence-corrected chi connectivity index (χ0v) is 18.9. The van der Waals surface area contributed by atoms with E-state index in [-0.39, 0.29) is 12.7 Å². The fourth-order valence-corrected chi connectivity index (χ4v) is 3.51. The van der Waals surface area contributed by atoms with Crippen LogP contribution in [0.3, 0.4) is 0 Å². The summed E-state index contributed by atoms with van der Waals surface area (Å²) in [5.41, 5.74) is 1.32. The van der Waals surface area contributed by atoms with Gasteiger partial charge in [-0.25, -0.2) is 0 Å². The van der Waals surface area contributed by atoms with Crippen LogP contribution >= 0.6 is 0 Å². The second-order valence-corrected chi connectivity index (χ2v) is 7.47. The van der Waals surface area contributed by atoms with Gasteiger partial charge in [0.1, 0.15) is 0 Å². The van der Waals surface area contributed by atoms with Crippen LogP contribution in [0.2, 0.25) is 0 Å². The Balaban J connectivity index is 1.40. The van der Waals surface area contributed by atoms with Crippen molar-refractivity contribution >= 4 is 0 Å². The Kier molecular flexibility index (Phi) is 14.7. The number of rotatable bonds is 19. The Morgan fingerprint density at radius 3 is 2.06 bits per heavy atom. The van der Waals surface area contributed by atoms with Gasteiger partial charge in [-0.15, -0.1) is 0 Å². The molecule has 1 aliphatic heterocycles. The van der Waals surface area contributed by atoms with Crippen LogP contribution in [0.25, 0.3) is 0 Å². The zero-order chi connectivity index (χ0) is 22.0. The first-order valence-corrected chi connectivity index (χ1v) is 11.3. The molecule has 2 rings (SSSR count). The van der Waals surface area contributed by atoms with E-state index < -0.39 is 0 Å². The molecule has 0 amide bonds. The van der Waals surface area contributed by atoms with Crippen molar-refractivity contribution in [1.29, 1.82) is 0 Å². The third-order valence-electron chi connectivity index (χ3n) is 5.15. The average Bonchev–Trinajstić information content (AvgIpc) is 3.25. The lowest BCUT2D eigenvalue weighted by atomic mass is 10.1. The monoisotopic (exact) mass is 440 g/mol. The minimum Gasteiger partial charge on any atom is -0.394 e. The van der Waals surface area contributed by atoms with Crippen LogP contribution in [0, 0.1) is 0 Å². The van der Waals surface area contributed by atoms with Crippen molar-refractivity contribution in [2.45, 2.75) is 18.6 Å². The highest BCUT2D eigenvalue weighted by Crippen LogP contribution is 2.18. The van der Waals surface area contributed by atoms with E-state index in [1.54, 1.807) is 0 Å². The molecule has 178 valence electrons.